The summed E-state index contributed by atoms with van der Waals surface area (Å²) in [5, 5.41) is 21.3. The number of benzene rings is 1. The highest BCUT2D eigenvalue weighted by Gasteiger charge is 2.38. The lowest BCUT2D eigenvalue weighted by molar-refractivity contribution is -0.122. The fourth-order valence-electron chi connectivity index (χ4n) is 1.87. The maximum absolute atomic E-state index is 11.5. The molecular formula is C13H17NO3. The molecule has 2 unspecified atom stereocenters. The maximum atomic E-state index is 11.5. The zero-order valence-corrected chi connectivity index (χ0v) is 9.81. The molecule has 0 saturated heterocycles. The van der Waals surface area contributed by atoms with Gasteiger partial charge in [0, 0.05) is 12.5 Å². The third kappa shape index (κ3) is 2.90. The van der Waals surface area contributed by atoms with Gasteiger partial charge in [0.15, 0.2) is 11.5 Å². The minimum Gasteiger partial charge on any atom is -0.504 e. The van der Waals surface area contributed by atoms with E-state index in [1.807, 2.05) is 0 Å². The smallest absolute Gasteiger partial charge is 0.223 e. The van der Waals surface area contributed by atoms with E-state index in [0.717, 1.165) is 12.0 Å². The molecule has 1 aromatic carbocycles. The summed E-state index contributed by atoms with van der Waals surface area (Å²) in [5.41, 5.74) is 0.893. The Hall–Kier alpha value is -1.71. The number of hydrogen-bond donors (Lipinski definition) is 3. The van der Waals surface area contributed by atoms with E-state index < -0.39 is 0 Å². The summed E-state index contributed by atoms with van der Waals surface area (Å²) >= 11 is 0. The van der Waals surface area contributed by atoms with Crippen LogP contribution in [0.4, 0.5) is 0 Å². The first kappa shape index (κ1) is 11.8. The van der Waals surface area contributed by atoms with Gasteiger partial charge in [0.05, 0.1) is 0 Å². The van der Waals surface area contributed by atoms with Gasteiger partial charge < -0.3 is 15.5 Å². The van der Waals surface area contributed by atoms with E-state index in [9.17, 15) is 9.90 Å². The number of rotatable bonds is 4. The van der Waals surface area contributed by atoms with E-state index in [2.05, 4.69) is 12.2 Å². The van der Waals surface area contributed by atoms with Crippen LogP contribution >= 0.6 is 0 Å². The van der Waals surface area contributed by atoms with Crippen molar-refractivity contribution in [3.05, 3.63) is 23.8 Å². The van der Waals surface area contributed by atoms with Gasteiger partial charge >= 0.3 is 0 Å². The molecule has 2 atom stereocenters. The quantitative estimate of drug-likeness (QED) is 0.691. The van der Waals surface area contributed by atoms with Gasteiger partial charge in [-0.15, -0.1) is 0 Å². The predicted octanol–water partition coefficient (Wildman–Crippen LogP) is 1.41. The number of aromatic hydroxyl groups is 2. The molecule has 0 spiro atoms. The summed E-state index contributed by atoms with van der Waals surface area (Å²) in [5.74, 6) is 0.602. The van der Waals surface area contributed by atoms with Gasteiger partial charge in [0.25, 0.3) is 0 Å². The Balaban J connectivity index is 1.78. The van der Waals surface area contributed by atoms with Crippen LogP contribution in [-0.4, -0.2) is 22.7 Å². The molecule has 0 radical (unpaired) electrons. The molecule has 1 aliphatic carbocycles. The molecule has 4 nitrogen and oxygen atoms in total. The van der Waals surface area contributed by atoms with Crippen LogP contribution in [0, 0.1) is 11.8 Å². The Labute approximate surface area is 100 Å². The molecule has 17 heavy (non-hydrogen) atoms. The number of amides is 1. The van der Waals surface area contributed by atoms with Crippen molar-refractivity contribution in [1.82, 2.24) is 5.32 Å². The average molecular weight is 235 g/mol. The summed E-state index contributed by atoms with van der Waals surface area (Å²) in [4.78, 5) is 11.5. The van der Waals surface area contributed by atoms with Crippen molar-refractivity contribution in [2.75, 3.05) is 6.54 Å². The highest BCUT2D eigenvalue weighted by Crippen LogP contribution is 2.37. The van der Waals surface area contributed by atoms with Gasteiger partial charge in [-0.2, -0.15) is 0 Å². The van der Waals surface area contributed by atoms with Crippen molar-refractivity contribution < 1.29 is 15.0 Å². The summed E-state index contributed by atoms with van der Waals surface area (Å²) in [6, 6.07) is 4.71. The molecule has 1 fully saturated rings. The number of phenols is 2. The molecule has 4 heteroatoms. The SMILES string of the molecule is CC1CC1C(=O)NCCc1ccc(O)c(O)c1. The Morgan fingerprint density at radius 3 is 2.71 bits per heavy atom. The monoisotopic (exact) mass is 235 g/mol. The van der Waals surface area contributed by atoms with Crippen molar-refractivity contribution >= 4 is 5.91 Å². The van der Waals surface area contributed by atoms with Crippen LogP contribution in [0.5, 0.6) is 11.5 Å². The van der Waals surface area contributed by atoms with Gasteiger partial charge in [0.1, 0.15) is 0 Å². The molecule has 1 aromatic rings. The lowest BCUT2D eigenvalue weighted by atomic mass is 10.1. The Morgan fingerprint density at radius 2 is 2.12 bits per heavy atom. The summed E-state index contributed by atoms with van der Waals surface area (Å²) < 4.78 is 0. The van der Waals surface area contributed by atoms with Crippen LogP contribution in [0.1, 0.15) is 18.9 Å². The summed E-state index contributed by atoms with van der Waals surface area (Å²) in [6.45, 7) is 2.63. The van der Waals surface area contributed by atoms with Crippen LogP contribution in [0.25, 0.3) is 0 Å². The number of nitrogens with one attached hydrogen (secondary N) is 1. The van der Waals surface area contributed by atoms with E-state index in [1.165, 1.54) is 12.1 Å². The van der Waals surface area contributed by atoms with E-state index >= 15 is 0 Å². The number of hydrogen-bond acceptors (Lipinski definition) is 3. The van der Waals surface area contributed by atoms with Gasteiger partial charge in [-0.1, -0.05) is 13.0 Å². The zero-order valence-electron chi connectivity index (χ0n) is 9.81. The van der Waals surface area contributed by atoms with Crippen molar-refractivity contribution in [3.8, 4) is 11.5 Å². The first-order valence-electron chi connectivity index (χ1n) is 5.86. The van der Waals surface area contributed by atoms with Crippen LogP contribution in [0.2, 0.25) is 0 Å². The molecule has 1 amide bonds. The third-order valence-corrected chi connectivity index (χ3v) is 3.20. The van der Waals surface area contributed by atoms with Gasteiger partial charge in [-0.25, -0.2) is 0 Å². The first-order valence-corrected chi connectivity index (χ1v) is 5.86. The van der Waals surface area contributed by atoms with Crippen LogP contribution in [-0.2, 0) is 11.2 Å². The summed E-state index contributed by atoms with van der Waals surface area (Å²) in [7, 11) is 0. The van der Waals surface area contributed by atoms with Gasteiger partial charge in [-0.3, -0.25) is 4.79 Å². The minimum atomic E-state index is -0.121. The van der Waals surface area contributed by atoms with Gasteiger partial charge in [-0.05, 0) is 36.5 Å². The average Bonchev–Trinajstić information content (AvgIpc) is 3.01. The van der Waals surface area contributed by atoms with Crippen LogP contribution in [0.3, 0.4) is 0 Å². The van der Waals surface area contributed by atoms with E-state index in [1.54, 1.807) is 6.07 Å². The van der Waals surface area contributed by atoms with Crippen LogP contribution in [0.15, 0.2) is 18.2 Å². The highest BCUT2D eigenvalue weighted by atomic mass is 16.3. The normalized spacial score (nSPS) is 22.2. The fourth-order valence-corrected chi connectivity index (χ4v) is 1.87. The van der Waals surface area contributed by atoms with E-state index in [-0.39, 0.29) is 23.3 Å². The Morgan fingerprint density at radius 1 is 1.41 bits per heavy atom. The largest absolute Gasteiger partial charge is 0.504 e. The lowest BCUT2D eigenvalue weighted by Gasteiger charge is -2.05. The second-order valence-electron chi connectivity index (χ2n) is 4.68. The molecule has 2 rings (SSSR count). The third-order valence-electron chi connectivity index (χ3n) is 3.20. The Bertz CT molecular complexity index is 431. The molecule has 1 saturated carbocycles. The molecule has 1 aliphatic rings. The first-order chi connectivity index (χ1) is 8.08. The number of carbonyl (C=O) groups is 1. The van der Waals surface area contributed by atoms with Crippen molar-refractivity contribution in [1.29, 1.82) is 0 Å². The topological polar surface area (TPSA) is 69.6 Å². The van der Waals surface area contributed by atoms with Crippen molar-refractivity contribution in [2.24, 2.45) is 11.8 Å². The van der Waals surface area contributed by atoms with E-state index in [4.69, 9.17) is 5.11 Å². The molecule has 0 aromatic heterocycles. The molecule has 0 aliphatic heterocycles. The Kier molecular flexibility index (Phi) is 3.22. The van der Waals surface area contributed by atoms with Crippen molar-refractivity contribution in [2.45, 2.75) is 19.8 Å². The van der Waals surface area contributed by atoms with E-state index in [0.29, 0.717) is 18.9 Å². The molecule has 0 bridgehead atoms. The summed E-state index contributed by atoms with van der Waals surface area (Å²) in [6.07, 6.45) is 1.65. The standard InChI is InChI=1S/C13H17NO3/c1-8-6-10(8)13(17)14-5-4-9-2-3-11(15)12(16)7-9/h2-3,7-8,10,15-16H,4-6H2,1H3,(H,14,17). The van der Waals surface area contributed by atoms with Crippen molar-refractivity contribution in [3.63, 3.8) is 0 Å². The van der Waals surface area contributed by atoms with Gasteiger partial charge in [0.2, 0.25) is 5.91 Å². The van der Waals surface area contributed by atoms with Crippen LogP contribution < -0.4 is 5.32 Å². The second kappa shape index (κ2) is 4.65. The number of phenolic OH excluding ortho intramolecular Hbond substituents is 2. The highest BCUT2D eigenvalue weighted by molar-refractivity contribution is 5.81. The lowest BCUT2D eigenvalue weighted by Crippen LogP contribution is -2.27. The zero-order chi connectivity index (χ0) is 12.4. The molecule has 92 valence electrons. The molecule has 0 heterocycles. The molecule has 3 N–H and O–H groups in total. The maximum Gasteiger partial charge on any atom is 0.223 e. The molecular weight excluding hydrogens is 218 g/mol. The minimum absolute atomic E-state index is 0.121. The predicted molar refractivity (Wildman–Crippen MR) is 63.8 cm³/mol. The second-order valence-corrected chi connectivity index (χ2v) is 4.68. The fraction of sp³-hybridized carbons (Fsp3) is 0.462. The number of carbonyl (C=O) groups excluding carboxylic acids is 1.